The topological polar surface area (TPSA) is 37.4 Å². The van der Waals surface area contributed by atoms with Gasteiger partial charge in [-0.25, -0.2) is 8.42 Å². The number of benzene rings is 2. The summed E-state index contributed by atoms with van der Waals surface area (Å²) in [5.41, 5.74) is 3.99. The Morgan fingerprint density at radius 1 is 1.00 bits per heavy atom. The van der Waals surface area contributed by atoms with Crippen molar-refractivity contribution in [2.75, 3.05) is 4.31 Å². The summed E-state index contributed by atoms with van der Waals surface area (Å²) < 4.78 is 29.5. The molecule has 0 bridgehead atoms. The first-order valence-electron chi connectivity index (χ1n) is 8.76. The molecule has 3 unspecified atom stereocenters. The zero-order valence-electron chi connectivity index (χ0n) is 14.4. The van der Waals surface area contributed by atoms with E-state index in [1.807, 2.05) is 38.1 Å². The lowest BCUT2D eigenvalue weighted by Crippen LogP contribution is -2.46. The van der Waals surface area contributed by atoms with E-state index in [9.17, 15) is 8.42 Å². The number of halogens is 1. The molecule has 2 aromatic rings. The molecule has 1 aliphatic carbocycles. The Morgan fingerprint density at radius 2 is 1.72 bits per heavy atom. The van der Waals surface area contributed by atoms with Gasteiger partial charge in [-0.2, -0.15) is 0 Å². The molecule has 0 saturated heterocycles. The van der Waals surface area contributed by atoms with E-state index in [1.165, 1.54) is 12.0 Å². The van der Waals surface area contributed by atoms with Gasteiger partial charge in [0.05, 0.1) is 16.6 Å². The van der Waals surface area contributed by atoms with Gasteiger partial charge >= 0.3 is 0 Å². The van der Waals surface area contributed by atoms with Crippen molar-refractivity contribution in [3.05, 3.63) is 59.2 Å². The van der Waals surface area contributed by atoms with Gasteiger partial charge in [0, 0.05) is 9.84 Å². The SMILES string of the molecule is Cc1ccccc1S(=O)(=O)N1c2c(C)cccc2C2CCCC(I)C21. The highest BCUT2D eigenvalue weighted by atomic mass is 127. The van der Waals surface area contributed by atoms with E-state index in [4.69, 9.17) is 0 Å². The molecule has 0 aromatic heterocycles. The highest BCUT2D eigenvalue weighted by Gasteiger charge is 2.49. The Morgan fingerprint density at radius 3 is 2.48 bits per heavy atom. The third-order valence-corrected chi connectivity index (χ3v) is 8.89. The molecule has 3 nitrogen and oxygen atoms in total. The van der Waals surface area contributed by atoms with Crippen LogP contribution in [0.1, 0.15) is 41.9 Å². The van der Waals surface area contributed by atoms with Crippen LogP contribution in [0.3, 0.4) is 0 Å². The number of sulfonamides is 1. The van der Waals surface area contributed by atoms with Crippen LogP contribution in [0.15, 0.2) is 47.4 Å². The van der Waals surface area contributed by atoms with Crippen LogP contribution in [0.4, 0.5) is 5.69 Å². The summed E-state index contributed by atoms with van der Waals surface area (Å²) in [5.74, 6) is 0.310. The summed E-state index contributed by atoms with van der Waals surface area (Å²) in [4.78, 5) is 0.430. The molecule has 4 rings (SSSR count). The van der Waals surface area contributed by atoms with Crippen LogP contribution in [0.5, 0.6) is 0 Å². The van der Waals surface area contributed by atoms with E-state index in [2.05, 4.69) is 34.7 Å². The summed E-state index contributed by atoms with van der Waals surface area (Å²) >= 11 is 2.46. The minimum atomic E-state index is -3.58. The van der Waals surface area contributed by atoms with E-state index in [0.29, 0.717) is 14.7 Å². The Hall–Kier alpha value is -1.08. The number of hydrogen-bond acceptors (Lipinski definition) is 2. The van der Waals surface area contributed by atoms with Gasteiger partial charge < -0.3 is 0 Å². The number of hydrogen-bond donors (Lipinski definition) is 0. The highest BCUT2D eigenvalue weighted by molar-refractivity contribution is 14.1. The molecule has 0 radical (unpaired) electrons. The molecular weight excluding hydrogens is 445 g/mol. The summed E-state index contributed by atoms with van der Waals surface area (Å²) in [6.45, 7) is 3.90. The van der Waals surface area contributed by atoms with Crippen LogP contribution in [0.2, 0.25) is 0 Å². The number of fused-ring (bicyclic) bond motifs is 3. The van der Waals surface area contributed by atoms with Crippen LogP contribution in [-0.4, -0.2) is 18.4 Å². The monoisotopic (exact) mass is 467 g/mol. The molecular formula is C20H22INO2S. The average Bonchev–Trinajstić information content (AvgIpc) is 2.93. The van der Waals surface area contributed by atoms with Gasteiger partial charge in [-0.3, -0.25) is 4.31 Å². The molecule has 5 heteroatoms. The summed E-state index contributed by atoms with van der Waals surface area (Å²) in [6, 6.07) is 13.6. The van der Waals surface area contributed by atoms with Gasteiger partial charge in [-0.15, -0.1) is 0 Å². The maximum atomic E-state index is 13.7. The summed E-state index contributed by atoms with van der Waals surface area (Å²) in [6.07, 6.45) is 3.31. The van der Waals surface area contributed by atoms with Gasteiger partial charge in [0.2, 0.25) is 0 Å². The molecule has 0 N–H and O–H groups in total. The Kier molecular flexibility index (Phi) is 4.35. The number of anilines is 1. The molecule has 1 saturated carbocycles. The quantitative estimate of drug-likeness (QED) is 0.463. The first-order chi connectivity index (χ1) is 11.9. The van der Waals surface area contributed by atoms with Crippen molar-refractivity contribution in [2.24, 2.45) is 0 Å². The van der Waals surface area contributed by atoms with Crippen LogP contribution < -0.4 is 4.31 Å². The Labute approximate surface area is 163 Å². The van der Waals surface area contributed by atoms with E-state index < -0.39 is 10.0 Å². The maximum absolute atomic E-state index is 13.7. The zero-order chi connectivity index (χ0) is 17.8. The van der Waals surface area contributed by atoms with Gasteiger partial charge in [0.25, 0.3) is 10.0 Å². The van der Waals surface area contributed by atoms with Crippen LogP contribution in [0, 0.1) is 13.8 Å². The number of rotatable bonds is 2. The van der Waals surface area contributed by atoms with Gasteiger partial charge in [0.15, 0.2) is 0 Å². The van der Waals surface area contributed by atoms with Crippen molar-refractivity contribution < 1.29 is 8.42 Å². The van der Waals surface area contributed by atoms with E-state index in [1.54, 1.807) is 10.4 Å². The van der Waals surface area contributed by atoms with Crippen LogP contribution >= 0.6 is 22.6 Å². The fourth-order valence-corrected chi connectivity index (χ4v) is 7.96. The minimum Gasteiger partial charge on any atom is -0.261 e. The van der Waals surface area contributed by atoms with E-state index in [-0.39, 0.29) is 6.04 Å². The van der Waals surface area contributed by atoms with Crippen molar-refractivity contribution in [3.63, 3.8) is 0 Å². The minimum absolute atomic E-state index is 0.0232. The lowest BCUT2D eigenvalue weighted by molar-refractivity contribution is 0.424. The molecule has 1 aliphatic heterocycles. The second-order valence-electron chi connectivity index (χ2n) is 7.12. The number of nitrogens with zero attached hydrogens (tertiary/aromatic N) is 1. The molecule has 3 atom stereocenters. The van der Waals surface area contributed by atoms with Crippen LogP contribution in [0.25, 0.3) is 0 Å². The molecule has 0 spiro atoms. The predicted molar refractivity (Wildman–Crippen MR) is 110 cm³/mol. The van der Waals surface area contributed by atoms with Gasteiger partial charge in [-0.05, 0) is 49.4 Å². The van der Waals surface area contributed by atoms with Crippen molar-refractivity contribution >= 4 is 38.3 Å². The standard InChI is InChI=1S/C20H22INO2S/c1-13-7-3-4-12-18(13)25(23,24)22-19-14(2)8-5-9-15(19)16-10-6-11-17(21)20(16)22/h3-5,7-9,12,16-17,20H,6,10-11H2,1-2H3. The number of aryl methyl sites for hydroxylation is 2. The van der Waals surface area contributed by atoms with E-state index >= 15 is 0 Å². The van der Waals surface area contributed by atoms with Crippen LogP contribution in [-0.2, 0) is 10.0 Å². The molecule has 2 aliphatic rings. The summed E-state index contributed by atoms with van der Waals surface area (Å²) in [5, 5.41) is 0. The largest absolute Gasteiger partial charge is 0.264 e. The molecule has 132 valence electrons. The lowest BCUT2D eigenvalue weighted by atomic mass is 9.82. The second kappa shape index (κ2) is 6.27. The third kappa shape index (κ3) is 2.62. The summed E-state index contributed by atoms with van der Waals surface area (Å²) in [7, 11) is -3.58. The average molecular weight is 467 g/mol. The Bertz CT molecular complexity index is 925. The molecule has 1 heterocycles. The molecule has 1 fully saturated rings. The maximum Gasteiger partial charge on any atom is 0.264 e. The Balaban J connectivity index is 1.95. The zero-order valence-corrected chi connectivity index (χ0v) is 17.4. The van der Waals surface area contributed by atoms with Crippen molar-refractivity contribution in [1.29, 1.82) is 0 Å². The van der Waals surface area contributed by atoms with Crippen molar-refractivity contribution in [3.8, 4) is 0 Å². The number of alkyl halides is 1. The van der Waals surface area contributed by atoms with Crippen molar-refractivity contribution in [1.82, 2.24) is 0 Å². The fraction of sp³-hybridized carbons (Fsp3) is 0.400. The normalized spacial score (nSPS) is 25.6. The third-order valence-electron chi connectivity index (χ3n) is 5.57. The number of para-hydroxylation sites is 1. The van der Waals surface area contributed by atoms with Crippen molar-refractivity contribution in [2.45, 2.75) is 53.9 Å². The first-order valence-corrected chi connectivity index (χ1v) is 11.4. The van der Waals surface area contributed by atoms with Gasteiger partial charge in [0.1, 0.15) is 0 Å². The fourth-order valence-electron chi connectivity index (χ4n) is 4.44. The second-order valence-corrected chi connectivity index (χ2v) is 10.5. The molecule has 2 aromatic carbocycles. The first kappa shape index (κ1) is 17.3. The molecule has 25 heavy (non-hydrogen) atoms. The smallest absolute Gasteiger partial charge is 0.261 e. The predicted octanol–water partition coefficient (Wildman–Crippen LogP) is 4.95. The van der Waals surface area contributed by atoms with Gasteiger partial charge in [-0.1, -0.05) is 65.4 Å². The lowest BCUT2D eigenvalue weighted by Gasteiger charge is -2.37. The van der Waals surface area contributed by atoms with E-state index in [0.717, 1.165) is 29.7 Å². The molecule has 0 amide bonds. The highest BCUT2D eigenvalue weighted by Crippen LogP contribution is 2.52.